The Bertz CT molecular complexity index is 313. The number of benzene rings is 1. The van der Waals surface area contributed by atoms with Gasteiger partial charge >= 0.3 is 0 Å². The Labute approximate surface area is 86.9 Å². The van der Waals surface area contributed by atoms with E-state index in [1.807, 2.05) is 0 Å². The van der Waals surface area contributed by atoms with Crippen LogP contribution in [0.15, 0.2) is 24.3 Å². The molecular weight excluding hydrogens is 204 g/mol. The van der Waals surface area contributed by atoms with Crippen molar-refractivity contribution >= 4 is 23.2 Å². The smallest absolute Gasteiger partial charge is 0.255 e. The number of carbonyl (C=O) groups excluding carboxylic acids is 1. The summed E-state index contributed by atoms with van der Waals surface area (Å²) < 4.78 is 0. The van der Waals surface area contributed by atoms with Crippen molar-refractivity contribution in [1.29, 1.82) is 0 Å². The van der Waals surface area contributed by atoms with Crippen LogP contribution in [0.2, 0.25) is 5.02 Å². The van der Waals surface area contributed by atoms with E-state index < -0.39 is 6.10 Å². The Hall–Kier alpha value is -1.10. The predicted octanol–water partition coefficient (Wildman–Crippen LogP) is 1.56. The molecule has 0 aliphatic heterocycles. The molecule has 0 spiro atoms. The lowest BCUT2D eigenvalue weighted by Gasteiger charge is -2.09. The molecule has 0 aliphatic rings. The van der Waals surface area contributed by atoms with Gasteiger partial charge in [-0.15, -0.1) is 0 Å². The van der Waals surface area contributed by atoms with Crippen molar-refractivity contribution in [1.82, 2.24) is 0 Å². The highest BCUT2D eigenvalue weighted by Crippen LogP contribution is 2.13. The van der Waals surface area contributed by atoms with Crippen LogP contribution in [-0.2, 0) is 9.63 Å². The second kappa shape index (κ2) is 4.95. The Kier molecular flexibility index (Phi) is 3.88. The van der Waals surface area contributed by atoms with Crippen LogP contribution >= 0.6 is 11.6 Å². The Balaban J connectivity index is 2.60. The number of carbonyl (C=O) groups is 1. The van der Waals surface area contributed by atoms with E-state index in [4.69, 9.17) is 17.5 Å². The Morgan fingerprint density at radius 3 is 2.57 bits per heavy atom. The monoisotopic (exact) mass is 214 g/mol. The van der Waals surface area contributed by atoms with Gasteiger partial charge in [0.25, 0.3) is 5.91 Å². The highest BCUT2D eigenvalue weighted by atomic mass is 35.5. The molecule has 1 aromatic carbocycles. The second-order valence-corrected chi connectivity index (χ2v) is 3.21. The summed E-state index contributed by atoms with van der Waals surface area (Å²) in [4.78, 5) is 15.6. The van der Waals surface area contributed by atoms with Crippen molar-refractivity contribution in [2.24, 2.45) is 5.90 Å². The summed E-state index contributed by atoms with van der Waals surface area (Å²) in [5, 5.41) is 3.23. The van der Waals surface area contributed by atoms with Gasteiger partial charge in [-0.2, -0.15) is 0 Å². The molecule has 0 aromatic heterocycles. The molecule has 0 aliphatic carbocycles. The van der Waals surface area contributed by atoms with Crippen LogP contribution in [0.5, 0.6) is 0 Å². The lowest BCUT2D eigenvalue weighted by molar-refractivity contribution is -0.126. The van der Waals surface area contributed by atoms with E-state index in [-0.39, 0.29) is 5.91 Å². The van der Waals surface area contributed by atoms with E-state index in [9.17, 15) is 4.79 Å². The Morgan fingerprint density at radius 2 is 2.07 bits per heavy atom. The molecule has 0 saturated heterocycles. The van der Waals surface area contributed by atoms with Crippen LogP contribution in [0.3, 0.4) is 0 Å². The van der Waals surface area contributed by atoms with E-state index in [0.717, 1.165) is 0 Å². The van der Waals surface area contributed by atoms with Gasteiger partial charge in [0.2, 0.25) is 0 Å². The molecule has 76 valence electrons. The van der Waals surface area contributed by atoms with E-state index >= 15 is 0 Å². The average Bonchev–Trinajstić information content (AvgIpc) is 2.20. The molecule has 1 atom stereocenters. The minimum absolute atomic E-state index is 0.296. The predicted molar refractivity (Wildman–Crippen MR) is 54.8 cm³/mol. The van der Waals surface area contributed by atoms with Crippen molar-refractivity contribution in [3.8, 4) is 0 Å². The minimum atomic E-state index is -0.675. The van der Waals surface area contributed by atoms with Crippen molar-refractivity contribution in [2.75, 3.05) is 5.32 Å². The fourth-order valence-corrected chi connectivity index (χ4v) is 0.965. The molecule has 4 nitrogen and oxygen atoms in total. The summed E-state index contributed by atoms with van der Waals surface area (Å²) in [6.45, 7) is 1.56. The quantitative estimate of drug-likeness (QED) is 0.751. The summed E-state index contributed by atoms with van der Waals surface area (Å²) in [6.07, 6.45) is -0.675. The minimum Gasteiger partial charge on any atom is -0.324 e. The molecule has 0 radical (unpaired) electrons. The number of halogens is 1. The first-order valence-corrected chi connectivity index (χ1v) is 4.43. The van der Waals surface area contributed by atoms with Crippen molar-refractivity contribution in [3.63, 3.8) is 0 Å². The van der Waals surface area contributed by atoms with E-state index in [2.05, 4.69) is 10.2 Å². The summed E-state index contributed by atoms with van der Waals surface area (Å²) in [7, 11) is 0. The molecule has 1 aromatic rings. The van der Waals surface area contributed by atoms with Gasteiger partial charge in [0.15, 0.2) is 6.10 Å². The third-order valence-corrected chi connectivity index (χ3v) is 1.94. The molecule has 3 N–H and O–H groups in total. The molecule has 1 amide bonds. The van der Waals surface area contributed by atoms with Gasteiger partial charge in [-0.25, -0.2) is 5.90 Å². The molecule has 0 bridgehead atoms. The average molecular weight is 215 g/mol. The Morgan fingerprint density at radius 1 is 1.50 bits per heavy atom. The fraction of sp³-hybridized carbons (Fsp3) is 0.222. The topological polar surface area (TPSA) is 64.3 Å². The molecule has 1 unspecified atom stereocenters. The number of anilines is 1. The van der Waals surface area contributed by atoms with Crippen LogP contribution in [0, 0.1) is 0 Å². The first-order valence-electron chi connectivity index (χ1n) is 4.05. The maximum absolute atomic E-state index is 11.3. The second-order valence-electron chi connectivity index (χ2n) is 2.77. The fourth-order valence-electron chi connectivity index (χ4n) is 0.839. The standard InChI is InChI=1S/C9H11ClN2O2/c1-6(14-11)9(13)12-8-4-2-7(10)3-5-8/h2-6H,11H2,1H3,(H,12,13). The third-order valence-electron chi connectivity index (χ3n) is 1.69. The highest BCUT2D eigenvalue weighted by molar-refractivity contribution is 6.30. The van der Waals surface area contributed by atoms with Crippen LogP contribution in [0.4, 0.5) is 5.69 Å². The third kappa shape index (κ3) is 2.99. The largest absolute Gasteiger partial charge is 0.324 e. The molecule has 0 fully saturated rings. The maximum Gasteiger partial charge on any atom is 0.255 e. The van der Waals surface area contributed by atoms with Crippen LogP contribution in [0.1, 0.15) is 6.92 Å². The molecule has 14 heavy (non-hydrogen) atoms. The number of rotatable bonds is 3. The van der Waals surface area contributed by atoms with Gasteiger partial charge in [-0.1, -0.05) is 11.6 Å². The summed E-state index contributed by atoms with van der Waals surface area (Å²) in [6, 6.07) is 6.77. The van der Waals surface area contributed by atoms with Crippen molar-refractivity contribution < 1.29 is 9.63 Å². The van der Waals surface area contributed by atoms with E-state index in [0.29, 0.717) is 10.7 Å². The van der Waals surface area contributed by atoms with E-state index in [1.54, 1.807) is 31.2 Å². The van der Waals surface area contributed by atoms with Crippen LogP contribution in [-0.4, -0.2) is 12.0 Å². The van der Waals surface area contributed by atoms with Gasteiger partial charge in [0.05, 0.1) is 0 Å². The first-order chi connectivity index (χ1) is 6.63. The first kappa shape index (κ1) is 11.0. The van der Waals surface area contributed by atoms with Gasteiger partial charge in [-0.3, -0.25) is 9.63 Å². The summed E-state index contributed by atoms with van der Waals surface area (Å²) in [5.74, 6) is 4.57. The SMILES string of the molecule is CC(ON)C(=O)Nc1ccc(Cl)cc1. The van der Waals surface area contributed by atoms with Crippen molar-refractivity contribution in [2.45, 2.75) is 13.0 Å². The van der Waals surface area contributed by atoms with E-state index in [1.165, 1.54) is 0 Å². The summed E-state index contributed by atoms with van der Waals surface area (Å²) in [5.41, 5.74) is 0.656. The number of nitrogens with two attached hydrogens (primary N) is 1. The molecular formula is C9H11ClN2O2. The molecule has 0 heterocycles. The number of hydrogen-bond donors (Lipinski definition) is 2. The maximum atomic E-state index is 11.3. The zero-order valence-electron chi connectivity index (χ0n) is 7.66. The molecule has 5 heteroatoms. The zero-order chi connectivity index (χ0) is 10.6. The van der Waals surface area contributed by atoms with Gasteiger partial charge in [-0.05, 0) is 31.2 Å². The van der Waals surface area contributed by atoms with Gasteiger partial charge in [0, 0.05) is 10.7 Å². The van der Waals surface area contributed by atoms with Crippen LogP contribution < -0.4 is 11.2 Å². The lowest BCUT2D eigenvalue weighted by atomic mass is 10.3. The number of nitrogens with one attached hydrogen (secondary N) is 1. The lowest BCUT2D eigenvalue weighted by Crippen LogP contribution is -2.29. The zero-order valence-corrected chi connectivity index (χ0v) is 8.41. The van der Waals surface area contributed by atoms with Crippen LogP contribution in [0.25, 0.3) is 0 Å². The van der Waals surface area contributed by atoms with Gasteiger partial charge < -0.3 is 5.32 Å². The molecule has 0 saturated carbocycles. The normalized spacial score (nSPS) is 12.2. The molecule has 1 rings (SSSR count). The number of hydrogen-bond acceptors (Lipinski definition) is 3. The number of amides is 1. The van der Waals surface area contributed by atoms with Gasteiger partial charge in [0.1, 0.15) is 0 Å². The highest BCUT2D eigenvalue weighted by Gasteiger charge is 2.11. The van der Waals surface area contributed by atoms with Crippen molar-refractivity contribution in [3.05, 3.63) is 29.3 Å². The summed E-state index contributed by atoms with van der Waals surface area (Å²) >= 11 is 5.68.